The number of hydrogen-bond acceptors (Lipinski definition) is 8. The number of nitrogens with one attached hydrogen (secondary N) is 1. The number of nitrogens with zero attached hydrogens (tertiary/aromatic N) is 5. The van der Waals surface area contributed by atoms with Crippen LogP contribution in [0.2, 0.25) is 0 Å². The molecular weight excluding hydrogens is 408 g/mol. The predicted octanol–water partition coefficient (Wildman–Crippen LogP) is 4.24. The van der Waals surface area contributed by atoms with E-state index in [9.17, 15) is 4.79 Å². The molecule has 0 aliphatic rings. The predicted molar refractivity (Wildman–Crippen MR) is 114 cm³/mol. The molecule has 0 saturated carbocycles. The first-order chi connectivity index (χ1) is 14.1. The van der Waals surface area contributed by atoms with E-state index in [0.29, 0.717) is 28.4 Å². The van der Waals surface area contributed by atoms with E-state index in [4.69, 9.17) is 4.42 Å². The van der Waals surface area contributed by atoms with Crippen molar-refractivity contribution in [2.45, 2.75) is 44.1 Å². The van der Waals surface area contributed by atoms with Gasteiger partial charge in [-0.3, -0.25) is 14.7 Å². The third-order valence-corrected chi connectivity index (χ3v) is 6.39. The van der Waals surface area contributed by atoms with Crippen LogP contribution in [0, 0.1) is 0 Å². The van der Waals surface area contributed by atoms with Crippen molar-refractivity contribution in [1.29, 1.82) is 0 Å². The van der Waals surface area contributed by atoms with Crippen molar-refractivity contribution < 1.29 is 9.21 Å². The van der Waals surface area contributed by atoms with Crippen molar-refractivity contribution >= 4 is 45.1 Å². The Kier molecular flexibility index (Phi) is 5.63. The molecule has 0 spiro atoms. The Hall–Kier alpha value is -2.72. The molecule has 0 aliphatic carbocycles. The average molecular weight is 429 g/mol. The minimum Gasteiger partial charge on any atom is -0.453 e. The minimum atomic E-state index is -0.373. The van der Waals surface area contributed by atoms with Crippen LogP contribution in [-0.2, 0) is 17.8 Å². The Morgan fingerprint density at radius 3 is 2.79 bits per heavy atom. The fourth-order valence-electron chi connectivity index (χ4n) is 2.80. The lowest BCUT2D eigenvalue weighted by Gasteiger charge is -2.11. The molecule has 0 fully saturated rings. The largest absolute Gasteiger partial charge is 0.453 e. The Bertz CT molecular complexity index is 1120. The first-order valence-corrected chi connectivity index (χ1v) is 11.0. The molecule has 1 aromatic carbocycles. The third-order valence-electron chi connectivity index (χ3n) is 4.33. The standard InChI is InChI=1S/C19H20N6O2S2/c1-4-15-21-23-18(29-15)20-17(26)11(3)28-19-24-22-16(25(19)5-2)14-10-12-8-6-7-9-13(12)27-14/h6-11H,4-5H2,1-3H3,(H,20,23,26)/t11-/m0/s1. The highest BCUT2D eigenvalue weighted by Gasteiger charge is 2.22. The number of aromatic nitrogens is 5. The zero-order chi connectivity index (χ0) is 20.4. The maximum absolute atomic E-state index is 12.5. The highest BCUT2D eigenvalue weighted by molar-refractivity contribution is 8.00. The van der Waals surface area contributed by atoms with Crippen LogP contribution in [0.3, 0.4) is 0 Å². The van der Waals surface area contributed by atoms with Gasteiger partial charge in [0.25, 0.3) is 0 Å². The van der Waals surface area contributed by atoms with Crippen LogP contribution in [0.25, 0.3) is 22.6 Å². The van der Waals surface area contributed by atoms with E-state index in [1.165, 1.54) is 23.1 Å². The zero-order valence-electron chi connectivity index (χ0n) is 16.2. The summed E-state index contributed by atoms with van der Waals surface area (Å²) in [5.74, 6) is 1.16. The maximum Gasteiger partial charge on any atom is 0.239 e. The van der Waals surface area contributed by atoms with E-state index >= 15 is 0 Å². The second-order valence-electron chi connectivity index (χ2n) is 6.30. The van der Waals surface area contributed by atoms with Gasteiger partial charge in [-0.1, -0.05) is 48.2 Å². The molecule has 0 aliphatic heterocycles. The first kappa shape index (κ1) is 19.6. The summed E-state index contributed by atoms with van der Waals surface area (Å²) in [6.45, 7) is 6.50. The molecule has 0 radical (unpaired) electrons. The number of carbonyl (C=O) groups excluding carboxylic acids is 1. The smallest absolute Gasteiger partial charge is 0.239 e. The van der Waals surface area contributed by atoms with Gasteiger partial charge in [0.1, 0.15) is 10.6 Å². The summed E-state index contributed by atoms with van der Waals surface area (Å²) in [6.07, 6.45) is 0.794. The number of fused-ring (bicyclic) bond motifs is 1. The number of rotatable bonds is 7. The molecule has 0 unspecified atom stereocenters. The molecule has 4 rings (SSSR count). The van der Waals surface area contributed by atoms with Gasteiger partial charge in [-0.2, -0.15) is 0 Å². The number of furan rings is 1. The van der Waals surface area contributed by atoms with Gasteiger partial charge >= 0.3 is 0 Å². The molecular formula is C19H20N6O2S2. The molecule has 3 aromatic heterocycles. The van der Waals surface area contributed by atoms with Gasteiger partial charge in [0, 0.05) is 11.9 Å². The summed E-state index contributed by atoms with van der Waals surface area (Å²) in [5.41, 5.74) is 0.804. The van der Waals surface area contributed by atoms with Crippen molar-refractivity contribution in [3.05, 3.63) is 35.3 Å². The number of amides is 1. The Morgan fingerprint density at radius 1 is 1.24 bits per heavy atom. The van der Waals surface area contributed by atoms with Gasteiger partial charge in [0.05, 0.1) is 5.25 Å². The highest BCUT2D eigenvalue weighted by Crippen LogP contribution is 2.31. The fourth-order valence-corrected chi connectivity index (χ4v) is 4.40. The number of aryl methyl sites for hydroxylation is 1. The van der Waals surface area contributed by atoms with Gasteiger partial charge in [-0.15, -0.1) is 20.4 Å². The summed E-state index contributed by atoms with van der Waals surface area (Å²) >= 11 is 2.74. The summed E-state index contributed by atoms with van der Waals surface area (Å²) in [5, 5.41) is 22.1. The molecule has 8 nitrogen and oxygen atoms in total. The van der Waals surface area contributed by atoms with Gasteiger partial charge < -0.3 is 4.42 Å². The van der Waals surface area contributed by atoms with Crippen molar-refractivity contribution in [3.8, 4) is 11.6 Å². The van der Waals surface area contributed by atoms with E-state index in [1.807, 2.05) is 55.7 Å². The molecule has 0 bridgehead atoms. The van der Waals surface area contributed by atoms with Crippen LogP contribution in [-0.4, -0.2) is 36.1 Å². The molecule has 4 aromatic rings. The van der Waals surface area contributed by atoms with Crippen LogP contribution in [0.1, 0.15) is 25.8 Å². The van der Waals surface area contributed by atoms with Crippen LogP contribution >= 0.6 is 23.1 Å². The van der Waals surface area contributed by atoms with Gasteiger partial charge in [-0.05, 0) is 32.4 Å². The van der Waals surface area contributed by atoms with Crippen molar-refractivity contribution in [3.63, 3.8) is 0 Å². The van der Waals surface area contributed by atoms with Crippen LogP contribution in [0.4, 0.5) is 5.13 Å². The second-order valence-corrected chi connectivity index (χ2v) is 8.67. The van der Waals surface area contributed by atoms with E-state index in [2.05, 4.69) is 25.7 Å². The Labute approximate surface area is 175 Å². The third kappa shape index (κ3) is 4.03. The minimum absolute atomic E-state index is 0.148. The number of hydrogen-bond donors (Lipinski definition) is 1. The molecule has 10 heteroatoms. The monoisotopic (exact) mass is 428 g/mol. The molecule has 0 saturated heterocycles. The first-order valence-electron chi connectivity index (χ1n) is 9.31. The average Bonchev–Trinajstić information content (AvgIpc) is 3.45. The van der Waals surface area contributed by atoms with Crippen LogP contribution in [0.5, 0.6) is 0 Å². The molecule has 3 heterocycles. The Morgan fingerprint density at radius 2 is 2.07 bits per heavy atom. The second kappa shape index (κ2) is 8.34. The Balaban J connectivity index is 1.52. The number of para-hydroxylation sites is 1. The molecule has 1 atom stereocenters. The summed E-state index contributed by atoms with van der Waals surface area (Å²) in [4.78, 5) is 12.5. The normalized spacial score (nSPS) is 12.4. The van der Waals surface area contributed by atoms with E-state index in [1.54, 1.807) is 0 Å². The topological polar surface area (TPSA) is 98.7 Å². The van der Waals surface area contributed by atoms with Crippen molar-refractivity contribution in [1.82, 2.24) is 25.0 Å². The molecule has 1 amide bonds. The van der Waals surface area contributed by atoms with Crippen molar-refractivity contribution in [2.24, 2.45) is 0 Å². The highest BCUT2D eigenvalue weighted by atomic mass is 32.2. The fraction of sp³-hybridized carbons (Fsp3) is 0.316. The number of carbonyl (C=O) groups is 1. The summed E-state index contributed by atoms with van der Waals surface area (Å²) in [6, 6.07) is 9.77. The summed E-state index contributed by atoms with van der Waals surface area (Å²) < 4.78 is 7.88. The number of thioether (sulfide) groups is 1. The molecule has 1 N–H and O–H groups in total. The SMILES string of the molecule is CCc1nnc(NC(=O)[C@H](C)Sc2nnc(-c3cc4ccccc4o3)n2CC)s1. The lowest BCUT2D eigenvalue weighted by molar-refractivity contribution is -0.115. The van der Waals surface area contributed by atoms with Gasteiger partial charge in [0.2, 0.25) is 16.9 Å². The number of anilines is 1. The molecule has 29 heavy (non-hydrogen) atoms. The van der Waals surface area contributed by atoms with Gasteiger partial charge in [0.15, 0.2) is 10.9 Å². The van der Waals surface area contributed by atoms with Crippen LogP contribution < -0.4 is 5.32 Å². The van der Waals surface area contributed by atoms with E-state index in [0.717, 1.165) is 22.4 Å². The van der Waals surface area contributed by atoms with Gasteiger partial charge in [-0.25, -0.2) is 0 Å². The number of benzene rings is 1. The van der Waals surface area contributed by atoms with Crippen LogP contribution in [0.15, 0.2) is 39.9 Å². The zero-order valence-corrected chi connectivity index (χ0v) is 17.9. The molecule has 150 valence electrons. The maximum atomic E-state index is 12.5. The lowest BCUT2D eigenvalue weighted by atomic mass is 10.2. The van der Waals surface area contributed by atoms with E-state index in [-0.39, 0.29) is 11.2 Å². The summed E-state index contributed by atoms with van der Waals surface area (Å²) in [7, 11) is 0. The quantitative estimate of drug-likeness (QED) is 0.439. The van der Waals surface area contributed by atoms with Crippen molar-refractivity contribution in [2.75, 3.05) is 5.32 Å². The van der Waals surface area contributed by atoms with E-state index < -0.39 is 0 Å². The lowest BCUT2D eigenvalue weighted by Crippen LogP contribution is -2.22.